The molecule has 0 aliphatic rings. The maximum Gasteiger partial charge on any atom is 0.404 e. The molecular formula is C21H26F2N2O3. The molecular weight excluding hydrogens is 366 g/mol. The molecule has 0 saturated heterocycles. The number of nitrogens with one attached hydrogen (secondary N) is 2. The predicted molar refractivity (Wildman–Crippen MR) is 103 cm³/mol. The van der Waals surface area contributed by atoms with Gasteiger partial charge in [0, 0.05) is 19.2 Å². The second-order valence-corrected chi connectivity index (χ2v) is 7.14. The summed E-state index contributed by atoms with van der Waals surface area (Å²) in [5, 5.41) is 24.7. The molecule has 0 bridgehead atoms. The van der Waals surface area contributed by atoms with Crippen LogP contribution >= 0.6 is 0 Å². The third-order valence-electron chi connectivity index (χ3n) is 4.45. The Labute approximate surface area is 163 Å². The SMILES string of the molecule is CC(C)c1cccc(CNC[C@@H](O)[C@H](Cc2cc(F)cc(F)c2)NC(=O)O)c1. The Hall–Kier alpha value is -2.51. The highest BCUT2D eigenvalue weighted by Crippen LogP contribution is 2.16. The van der Waals surface area contributed by atoms with E-state index in [1.54, 1.807) is 0 Å². The van der Waals surface area contributed by atoms with Crippen LogP contribution < -0.4 is 10.6 Å². The van der Waals surface area contributed by atoms with Crippen molar-refractivity contribution in [3.05, 3.63) is 70.8 Å². The highest BCUT2D eigenvalue weighted by atomic mass is 19.1. The van der Waals surface area contributed by atoms with Crippen molar-refractivity contribution in [2.75, 3.05) is 6.54 Å². The standard InChI is InChI=1S/C21H26F2N2O3/c1-13(2)16-5-3-4-14(6-16)11-24-12-20(26)19(25-21(27)28)9-15-7-17(22)10-18(23)8-15/h3-8,10,13,19-20,24-26H,9,11-12H2,1-2H3,(H,27,28)/t19-,20+/m0/s1. The van der Waals surface area contributed by atoms with Crippen molar-refractivity contribution >= 4 is 6.09 Å². The second-order valence-electron chi connectivity index (χ2n) is 7.14. The molecule has 1 amide bonds. The van der Waals surface area contributed by atoms with E-state index in [1.807, 2.05) is 18.2 Å². The lowest BCUT2D eigenvalue weighted by Gasteiger charge is -2.23. The molecule has 2 aromatic rings. The van der Waals surface area contributed by atoms with Crippen LogP contribution in [-0.4, -0.2) is 35.0 Å². The lowest BCUT2D eigenvalue weighted by molar-refractivity contribution is 0.117. The Bertz CT molecular complexity index is 779. The van der Waals surface area contributed by atoms with Crippen LogP contribution in [-0.2, 0) is 13.0 Å². The van der Waals surface area contributed by atoms with Crippen LogP contribution in [0.4, 0.5) is 13.6 Å². The van der Waals surface area contributed by atoms with Gasteiger partial charge in [0.1, 0.15) is 11.6 Å². The van der Waals surface area contributed by atoms with Crippen LogP contribution in [0, 0.1) is 11.6 Å². The molecule has 0 saturated carbocycles. The van der Waals surface area contributed by atoms with Gasteiger partial charge in [-0.25, -0.2) is 13.6 Å². The number of halogens is 2. The molecule has 0 unspecified atom stereocenters. The third kappa shape index (κ3) is 6.90. The molecule has 0 aliphatic heterocycles. The maximum absolute atomic E-state index is 13.4. The van der Waals surface area contributed by atoms with Crippen molar-refractivity contribution in [1.82, 2.24) is 10.6 Å². The summed E-state index contributed by atoms with van der Waals surface area (Å²) >= 11 is 0. The first-order valence-electron chi connectivity index (χ1n) is 9.16. The average Bonchev–Trinajstić information content (AvgIpc) is 2.60. The highest BCUT2D eigenvalue weighted by molar-refractivity contribution is 5.65. The van der Waals surface area contributed by atoms with E-state index < -0.39 is 29.9 Å². The minimum Gasteiger partial charge on any atom is -0.465 e. The van der Waals surface area contributed by atoms with Crippen LogP contribution in [0.25, 0.3) is 0 Å². The first-order valence-corrected chi connectivity index (χ1v) is 9.16. The summed E-state index contributed by atoms with van der Waals surface area (Å²) in [4.78, 5) is 11.0. The summed E-state index contributed by atoms with van der Waals surface area (Å²) in [6, 6.07) is 10.1. The second kappa shape index (κ2) is 10.1. The Balaban J connectivity index is 1.97. The van der Waals surface area contributed by atoms with Gasteiger partial charge < -0.3 is 20.8 Å². The van der Waals surface area contributed by atoms with E-state index in [9.17, 15) is 18.7 Å². The quantitative estimate of drug-likeness (QED) is 0.527. The molecule has 0 heterocycles. The molecule has 0 aromatic heterocycles. The molecule has 2 atom stereocenters. The smallest absolute Gasteiger partial charge is 0.404 e. The number of benzene rings is 2. The lowest BCUT2D eigenvalue weighted by atomic mass is 10.00. The summed E-state index contributed by atoms with van der Waals surface area (Å²) in [6.07, 6.45) is -2.42. The van der Waals surface area contributed by atoms with Crippen LogP contribution in [0.5, 0.6) is 0 Å². The van der Waals surface area contributed by atoms with Crippen molar-refractivity contribution in [3.8, 4) is 0 Å². The number of amides is 1. The summed E-state index contributed by atoms with van der Waals surface area (Å²) in [6.45, 7) is 4.84. The summed E-state index contributed by atoms with van der Waals surface area (Å²) in [5.41, 5.74) is 2.52. The maximum atomic E-state index is 13.4. The molecule has 0 aliphatic carbocycles. The van der Waals surface area contributed by atoms with Crippen molar-refractivity contribution in [2.45, 2.75) is 44.9 Å². The molecule has 7 heteroatoms. The van der Waals surface area contributed by atoms with E-state index in [-0.39, 0.29) is 18.5 Å². The lowest BCUT2D eigenvalue weighted by Crippen LogP contribution is -2.48. The third-order valence-corrected chi connectivity index (χ3v) is 4.45. The van der Waals surface area contributed by atoms with Gasteiger partial charge in [0.05, 0.1) is 12.1 Å². The van der Waals surface area contributed by atoms with Crippen LogP contribution in [0.15, 0.2) is 42.5 Å². The Kier molecular flexibility index (Phi) is 7.90. The number of hydrogen-bond donors (Lipinski definition) is 4. The number of hydrogen-bond acceptors (Lipinski definition) is 3. The van der Waals surface area contributed by atoms with Gasteiger partial charge in [-0.15, -0.1) is 0 Å². The first-order chi connectivity index (χ1) is 13.2. The largest absolute Gasteiger partial charge is 0.465 e. The van der Waals surface area contributed by atoms with Gasteiger partial charge in [-0.3, -0.25) is 0 Å². The number of aliphatic hydroxyl groups excluding tert-OH is 1. The molecule has 0 fully saturated rings. The molecule has 2 aromatic carbocycles. The minimum absolute atomic E-state index is 0.0351. The summed E-state index contributed by atoms with van der Waals surface area (Å²) in [7, 11) is 0. The molecule has 28 heavy (non-hydrogen) atoms. The zero-order valence-corrected chi connectivity index (χ0v) is 16.0. The van der Waals surface area contributed by atoms with Crippen molar-refractivity contribution in [2.24, 2.45) is 0 Å². The van der Waals surface area contributed by atoms with Gasteiger partial charge in [-0.1, -0.05) is 38.1 Å². The number of aliphatic hydroxyl groups is 1. The average molecular weight is 392 g/mol. The normalized spacial score (nSPS) is 13.4. The van der Waals surface area contributed by atoms with E-state index in [2.05, 4.69) is 30.5 Å². The number of carboxylic acid groups (broad SMARTS) is 1. The number of carbonyl (C=O) groups is 1. The Morgan fingerprint density at radius 2 is 1.75 bits per heavy atom. The zero-order chi connectivity index (χ0) is 20.7. The molecule has 2 rings (SSSR count). The fourth-order valence-corrected chi connectivity index (χ4v) is 2.99. The van der Waals surface area contributed by atoms with E-state index in [4.69, 9.17) is 5.11 Å². The van der Waals surface area contributed by atoms with Gasteiger partial charge in [-0.05, 0) is 41.2 Å². The monoisotopic (exact) mass is 392 g/mol. The van der Waals surface area contributed by atoms with E-state index in [0.717, 1.165) is 23.8 Å². The molecule has 4 N–H and O–H groups in total. The summed E-state index contributed by atoms with van der Waals surface area (Å²) in [5.74, 6) is -1.09. The molecule has 152 valence electrons. The van der Waals surface area contributed by atoms with Crippen LogP contribution in [0.2, 0.25) is 0 Å². The topological polar surface area (TPSA) is 81.6 Å². The van der Waals surface area contributed by atoms with Gasteiger partial charge in [0.2, 0.25) is 0 Å². The molecule has 5 nitrogen and oxygen atoms in total. The fraction of sp³-hybridized carbons (Fsp3) is 0.381. The summed E-state index contributed by atoms with van der Waals surface area (Å²) < 4.78 is 26.7. The van der Waals surface area contributed by atoms with E-state index in [1.165, 1.54) is 5.56 Å². The fourth-order valence-electron chi connectivity index (χ4n) is 2.99. The van der Waals surface area contributed by atoms with Gasteiger partial charge in [-0.2, -0.15) is 0 Å². The first kappa shape index (κ1) is 21.8. The molecule has 0 radical (unpaired) electrons. The minimum atomic E-state index is -1.31. The highest BCUT2D eigenvalue weighted by Gasteiger charge is 2.22. The van der Waals surface area contributed by atoms with E-state index in [0.29, 0.717) is 12.5 Å². The van der Waals surface area contributed by atoms with Crippen LogP contribution in [0.3, 0.4) is 0 Å². The molecule has 0 spiro atoms. The number of rotatable bonds is 9. The zero-order valence-electron chi connectivity index (χ0n) is 16.0. The predicted octanol–water partition coefficient (Wildman–Crippen LogP) is 3.42. The van der Waals surface area contributed by atoms with Crippen molar-refractivity contribution < 1.29 is 23.8 Å². The van der Waals surface area contributed by atoms with Gasteiger partial charge in [0.25, 0.3) is 0 Å². The van der Waals surface area contributed by atoms with E-state index >= 15 is 0 Å². The van der Waals surface area contributed by atoms with Crippen molar-refractivity contribution in [3.63, 3.8) is 0 Å². The Morgan fingerprint density at radius 1 is 1.07 bits per heavy atom. The van der Waals surface area contributed by atoms with Gasteiger partial charge >= 0.3 is 6.09 Å². The van der Waals surface area contributed by atoms with Crippen LogP contribution in [0.1, 0.15) is 36.5 Å². The van der Waals surface area contributed by atoms with Crippen molar-refractivity contribution in [1.29, 1.82) is 0 Å². The Morgan fingerprint density at radius 3 is 2.36 bits per heavy atom. The van der Waals surface area contributed by atoms with Gasteiger partial charge in [0.15, 0.2) is 0 Å².